The second-order valence-electron chi connectivity index (χ2n) is 3.86. The van der Waals surface area contributed by atoms with Gasteiger partial charge in [0.15, 0.2) is 0 Å². The van der Waals surface area contributed by atoms with Crippen LogP contribution in [-0.2, 0) is 0 Å². The molecule has 0 amide bonds. The predicted octanol–water partition coefficient (Wildman–Crippen LogP) is 2.82. The van der Waals surface area contributed by atoms with Gasteiger partial charge in [0, 0.05) is 11.3 Å². The molecule has 0 saturated heterocycles. The van der Waals surface area contributed by atoms with Crippen molar-refractivity contribution in [1.82, 2.24) is 4.98 Å². The minimum absolute atomic E-state index is 0.353. The van der Waals surface area contributed by atoms with Crippen LogP contribution in [0.15, 0.2) is 30.3 Å². The molecular formula is C12H11NO. The largest absolute Gasteiger partial charge is 0.506 e. The fraction of sp³-hybridized carbons (Fsp3) is 0.250. The normalized spacial score (nSPS) is 16.0. The smallest absolute Gasteiger partial charge is 0.138 e. The van der Waals surface area contributed by atoms with Crippen LogP contribution in [0.5, 0.6) is 5.75 Å². The van der Waals surface area contributed by atoms with Gasteiger partial charge in [-0.1, -0.05) is 18.2 Å². The van der Waals surface area contributed by atoms with Crippen LogP contribution in [0.25, 0.3) is 10.9 Å². The van der Waals surface area contributed by atoms with E-state index in [1.54, 1.807) is 0 Å². The molecule has 1 heterocycles. The Hall–Kier alpha value is -1.57. The lowest BCUT2D eigenvalue weighted by Gasteiger charge is -2.03. The summed E-state index contributed by atoms with van der Waals surface area (Å²) in [5.41, 5.74) is 1.86. The first kappa shape index (κ1) is 7.80. The summed E-state index contributed by atoms with van der Waals surface area (Å²) in [6, 6.07) is 9.71. The topological polar surface area (TPSA) is 33.1 Å². The lowest BCUT2D eigenvalue weighted by Crippen LogP contribution is -1.88. The van der Waals surface area contributed by atoms with Gasteiger partial charge in [0.25, 0.3) is 0 Å². The van der Waals surface area contributed by atoms with Crippen molar-refractivity contribution in [1.29, 1.82) is 0 Å². The van der Waals surface area contributed by atoms with E-state index in [-0.39, 0.29) is 0 Å². The average molecular weight is 185 g/mol. The number of aromatic hydroxyl groups is 1. The van der Waals surface area contributed by atoms with Crippen LogP contribution in [0.2, 0.25) is 0 Å². The van der Waals surface area contributed by atoms with E-state index in [9.17, 15) is 5.11 Å². The Morgan fingerprint density at radius 2 is 2.00 bits per heavy atom. The number of hydrogen-bond acceptors (Lipinski definition) is 2. The van der Waals surface area contributed by atoms with Gasteiger partial charge in [-0.25, -0.2) is 4.98 Å². The van der Waals surface area contributed by atoms with Crippen LogP contribution < -0.4 is 0 Å². The highest BCUT2D eigenvalue weighted by Gasteiger charge is 2.27. The van der Waals surface area contributed by atoms with E-state index >= 15 is 0 Å². The molecule has 14 heavy (non-hydrogen) atoms. The van der Waals surface area contributed by atoms with Crippen molar-refractivity contribution in [3.05, 3.63) is 36.0 Å². The molecule has 0 atom stereocenters. The van der Waals surface area contributed by atoms with E-state index in [2.05, 4.69) is 4.98 Å². The van der Waals surface area contributed by atoms with Crippen molar-refractivity contribution >= 4 is 10.9 Å². The van der Waals surface area contributed by atoms with Crippen LogP contribution in [-0.4, -0.2) is 10.1 Å². The van der Waals surface area contributed by atoms with Crippen molar-refractivity contribution in [3.63, 3.8) is 0 Å². The zero-order valence-electron chi connectivity index (χ0n) is 7.77. The van der Waals surface area contributed by atoms with Gasteiger partial charge in [-0.3, -0.25) is 0 Å². The number of pyridine rings is 1. The molecule has 0 bridgehead atoms. The number of para-hydroxylation sites is 1. The van der Waals surface area contributed by atoms with Crippen molar-refractivity contribution in [2.24, 2.45) is 0 Å². The fourth-order valence-electron chi connectivity index (χ4n) is 1.78. The van der Waals surface area contributed by atoms with Gasteiger partial charge in [-0.05, 0) is 25.0 Å². The van der Waals surface area contributed by atoms with Crippen molar-refractivity contribution in [3.8, 4) is 5.75 Å². The predicted molar refractivity (Wildman–Crippen MR) is 55.4 cm³/mol. The molecule has 1 aliphatic rings. The summed E-state index contributed by atoms with van der Waals surface area (Å²) in [5, 5.41) is 10.8. The third kappa shape index (κ3) is 1.15. The Labute approximate surface area is 82.2 Å². The number of benzene rings is 1. The van der Waals surface area contributed by atoms with Gasteiger partial charge >= 0.3 is 0 Å². The summed E-state index contributed by atoms with van der Waals surface area (Å²) in [5.74, 6) is 0.853. The first-order valence-corrected chi connectivity index (χ1v) is 4.93. The number of rotatable bonds is 1. The second-order valence-corrected chi connectivity index (χ2v) is 3.86. The van der Waals surface area contributed by atoms with Crippen molar-refractivity contribution in [2.75, 3.05) is 0 Å². The zero-order chi connectivity index (χ0) is 9.54. The Morgan fingerprint density at radius 1 is 1.21 bits per heavy atom. The van der Waals surface area contributed by atoms with Crippen molar-refractivity contribution < 1.29 is 5.11 Å². The highest BCUT2D eigenvalue weighted by molar-refractivity contribution is 5.80. The van der Waals surface area contributed by atoms with Gasteiger partial charge in [-0.15, -0.1) is 0 Å². The van der Waals surface area contributed by atoms with Crippen LogP contribution in [0.4, 0.5) is 0 Å². The molecular weight excluding hydrogens is 174 g/mol. The van der Waals surface area contributed by atoms with E-state index in [0.29, 0.717) is 11.7 Å². The maximum atomic E-state index is 9.76. The Balaban J connectivity index is 2.26. The van der Waals surface area contributed by atoms with E-state index in [1.165, 1.54) is 12.8 Å². The van der Waals surface area contributed by atoms with E-state index in [4.69, 9.17) is 0 Å². The second kappa shape index (κ2) is 2.71. The fourth-order valence-corrected chi connectivity index (χ4v) is 1.78. The number of aromatic nitrogens is 1. The number of nitrogens with zero attached hydrogens (tertiary/aromatic N) is 1. The van der Waals surface area contributed by atoms with Gasteiger partial charge in [-0.2, -0.15) is 0 Å². The molecule has 1 saturated carbocycles. The summed E-state index contributed by atoms with van der Waals surface area (Å²) < 4.78 is 0. The van der Waals surface area contributed by atoms with Crippen LogP contribution in [0.1, 0.15) is 24.5 Å². The number of hydrogen-bond donors (Lipinski definition) is 1. The molecule has 1 aliphatic carbocycles. The molecule has 0 unspecified atom stereocenters. The molecule has 1 aromatic carbocycles. The van der Waals surface area contributed by atoms with E-state index in [1.807, 2.05) is 30.3 Å². The third-order valence-corrected chi connectivity index (χ3v) is 2.70. The highest BCUT2D eigenvalue weighted by Crippen LogP contribution is 2.43. The van der Waals surface area contributed by atoms with Gasteiger partial charge in [0.2, 0.25) is 0 Å². The van der Waals surface area contributed by atoms with Gasteiger partial charge < -0.3 is 5.11 Å². The molecule has 3 rings (SSSR count). The molecule has 0 spiro atoms. The maximum Gasteiger partial charge on any atom is 0.138 e. The summed E-state index contributed by atoms with van der Waals surface area (Å²) in [7, 11) is 0. The first-order chi connectivity index (χ1) is 6.84. The quantitative estimate of drug-likeness (QED) is 0.741. The van der Waals surface area contributed by atoms with Crippen molar-refractivity contribution in [2.45, 2.75) is 18.8 Å². The molecule has 2 aromatic rings. The van der Waals surface area contributed by atoms with Crippen LogP contribution in [0, 0.1) is 0 Å². The molecule has 0 aliphatic heterocycles. The molecule has 0 radical (unpaired) electrons. The minimum atomic E-state index is 0.353. The van der Waals surface area contributed by atoms with E-state index in [0.717, 1.165) is 16.6 Å². The Bertz CT molecular complexity index is 489. The minimum Gasteiger partial charge on any atom is -0.506 e. The zero-order valence-corrected chi connectivity index (χ0v) is 7.77. The summed E-state index contributed by atoms with van der Waals surface area (Å²) >= 11 is 0. The molecule has 1 aromatic heterocycles. The van der Waals surface area contributed by atoms with Gasteiger partial charge in [0.1, 0.15) is 5.75 Å². The van der Waals surface area contributed by atoms with Gasteiger partial charge in [0.05, 0.1) is 11.2 Å². The van der Waals surface area contributed by atoms with Crippen LogP contribution >= 0.6 is 0 Å². The molecule has 1 fully saturated rings. The lowest BCUT2D eigenvalue weighted by molar-refractivity contribution is 0.465. The Morgan fingerprint density at radius 3 is 2.79 bits per heavy atom. The molecule has 70 valence electrons. The molecule has 2 heteroatoms. The number of fused-ring (bicyclic) bond motifs is 1. The summed E-state index contributed by atoms with van der Waals surface area (Å²) in [4.78, 5) is 4.49. The maximum absolute atomic E-state index is 9.76. The molecule has 2 nitrogen and oxygen atoms in total. The monoisotopic (exact) mass is 185 g/mol. The SMILES string of the molecule is Oc1cc2ccccc2nc1C1CC1. The lowest BCUT2D eigenvalue weighted by atomic mass is 10.1. The standard InChI is InChI=1S/C12H11NO/c14-11-7-9-3-1-2-4-10(9)13-12(11)8-5-6-8/h1-4,7-8,14H,5-6H2. The average Bonchev–Trinajstić information content (AvgIpc) is 3.00. The highest BCUT2D eigenvalue weighted by atomic mass is 16.3. The molecule has 1 N–H and O–H groups in total. The van der Waals surface area contributed by atoms with Crippen LogP contribution in [0.3, 0.4) is 0 Å². The van der Waals surface area contributed by atoms with E-state index < -0.39 is 0 Å². The first-order valence-electron chi connectivity index (χ1n) is 4.93. The summed E-state index contributed by atoms with van der Waals surface area (Å²) in [6.45, 7) is 0. The third-order valence-electron chi connectivity index (χ3n) is 2.70. The Kier molecular flexibility index (Phi) is 1.51. The summed E-state index contributed by atoms with van der Waals surface area (Å²) in [6.07, 6.45) is 2.33.